The number of nitriles is 1. The molecule has 1 aliphatic rings. The van der Waals surface area contributed by atoms with Crippen molar-refractivity contribution in [1.29, 1.82) is 5.26 Å². The van der Waals surface area contributed by atoms with Crippen molar-refractivity contribution in [2.75, 3.05) is 25.5 Å². The van der Waals surface area contributed by atoms with E-state index in [4.69, 9.17) is 11.6 Å². The topological polar surface area (TPSA) is 85.2 Å². The molecule has 1 aromatic heterocycles. The fourth-order valence-corrected chi connectivity index (χ4v) is 4.21. The molecule has 2 amide bonds. The van der Waals surface area contributed by atoms with Gasteiger partial charge in [0.05, 0.1) is 20.8 Å². The molecule has 0 aliphatic carbocycles. The van der Waals surface area contributed by atoms with Gasteiger partial charge in [-0.25, -0.2) is 0 Å². The minimum atomic E-state index is -1.15. The van der Waals surface area contributed by atoms with Crippen LogP contribution in [0.5, 0.6) is 0 Å². The summed E-state index contributed by atoms with van der Waals surface area (Å²) in [6.07, 6.45) is 1.64. The first kappa shape index (κ1) is 21.3. The number of thiophene rings is 1. The molecule has 0 bridgehead atoms. The van der Waals surface area contributed by atoms with Gasteiger partial charge in [0.15, 0.2) is 0 Å². The lowest BCUT2D eigenvalue weighted by Gasteiger charge is -2.25. The maximum atomic E-state index is 12.9. The molecule has 3 rings (SSSR count). The van der Waals surface area contributed by atoms with Crippen LogP contribution in [0.2, 0.25) is 4.34 Å². The number of carbonyl (C=O) groups excluding carboxylic acids is 2. The fraction of sp³-hybridized carbons (Fsp3) is 0.381. The van der Waals surface area contributed by atoms with Crippen LogP contribution >= 0.6 is 22.9 Å². The molecule has 152 valence electrons. The third kappa shape index (κ3) is 4.96. The molecule has 0 atom stereocenters. The second-order valence-corrected chi connectivity index (χ2v) is 9.43. The Kier molecular flexibility index (Phi) is 6.27. The molecular formula is C21H23ClN4O2S. The lowest BCUT2D eigenvalue weighted by molar-refractivity contribution is -0.120. The molecule has 0 saturated carbocycles. The number of fused-ring (bicyclic) bond motifs is 1. The molecule has 0 radical (unpaired) electrons. The second kappa shape index (κ2) is 8.54. The Balaban J connectivity index is 1.77. The molecule has 29 heavy (non-hydrogen) atoms. The number of carbonyl (C=O) groups is 2. The highest BCUT2D eigenvalue weighted by Crippen LogP contribution is 2.26. The Labute approximate surface area is 179 Å². The van der Waals surface area contributed by atoms with Crippen LogP contribution in [0.1, 0.15) is 40.2 Å². The second-order valence-electron chi connectivity index (χ2n) is 7.71. The van der Waals surface area contributed by atoms with E-state index in [2.05, 4.69) is 28.7 Å². The molecular weight excluding hydrogens is 408 g/mol. The SMILES string of the molecule is CN1CCc2cc(NC(=O)C(C)(C)NC(=O)c3ccc(Cl)s3)cc(C#N)c2CC1. The van der Waals surface area contributed by atoms with Gasteiger partial charge < -0.3 is 15.5 Å². The molecule has 0 saturated heterocycles. The van der Waals surface area contributed by atoms with Crippen molar-refractivity contribution in [3.8, 4) is 6.07 Å². The van der Waals surface area contributed by atoms with Crippen LogP contribution in [0.15, 0.2) is 24.3 Å². The zero-order chi connectivity index (χ0) is 21.2. The molecule has 0 spiro atoms. The van der Waals surface area contributed by atoms with E-state index in [0.717, 1.165) is 48.4 Å². The number of hydrogen-bond acceptors (Lipinski definition) is 5. The smallest absolute Gasteiger partial charge is 0.262 e. The first-order valence-corrected chi connectivity index (χ1v) is 10.5. The van der Waals surface area contributed by atoms with Crippen molar-refractivity contribution in [3.63, 3.8) is 0 Å². The van der Waals surface area contributed by atoms with Crippen LogP contribution in [0.4, 0.5) is 5.69 Å². The van der Waals surface area contributed by atoms with Crippen molar-refractivity contribution in [2.24, 2.45) is 0 Å². The van der Waals surface area contributed by atoms with Gasteiger partial charge in [-0.05, 0) is 69.1 Å². The van der Waals surface area contributed by atoms with E-state index in [-0.39, 0.29) is 11.8 Å². The van der Waals surface area contributed by atoms with Crippen LogP contribution < -0.4 is 10.6 Å². The Morgan fingerprint density at radius 3 is 2.62 bits per heavy atom. The van der Waals surface area contributed by atoms with E-state index in [1.54, 1.807) is 32.0 Å². The predicted molar refractivity (Wildman–Crippen MR) is 116 cm³/mol. The number of hydrogen-bond donors (Lipinski definition) is 2. The van der Waals surface area contributed by atoms with Gasteiger partial charge in [0.1, 0.15) is 5.54 Å². The van der Waals surface area contributed by atoms with Gasteiger partial charge in [0, 0.05) is 18.8 Å². The highest BCUT2D eigenvalue weighted by atomic mass is 35.5. The van der Waals surface area contributed by atoms with Crippen LogP contribution in [0.3, 0.4) is 0 Å². The Bertz CT molecular complexity index is 993. The van der Waals surface area contributed by atoms with Gasteiger partial charge in [-0.2, -0.15) is 5.26 Å². The summed E-state index contributed by atoms with van der Waals surface area (Å²) in [7, 11) is 2.06. The van der Waals surface area contributed by atoms with Crippen LogP contribution in [0, 0.1) is 11.3 Å². The summed E-state index contributed by atoms with van der Waals surface area (Å²) in [4.78, 5) is 27.9. The highest BCUT2D eigenvalue weighted by Gasteiger charge is 2.31. The summed E-state index contributed by atoms with van der Waals surface area (Å²) in [6.45, 7) is 5.08. The van der Waals surface area contributed by atoms with Crippen molar-refractivity contribution >= 4 is 40.4 Å². The molecule has 2 aromatic rings. The number of halogens is 1. The summed E-state index contributed by atoms with van der Waals surface area (Å²) in [5, 5.41) is 15.2. The minimum Gasteiger partial charge on any atom is -0.337 e. The summed E-state index contributed by atoms with van der Waals surface area (Å²) in [5.74, 6) is -0.715. The molecule has 1 aliphatic heterocycles. The molecule has 6 nitrogen and oxygen atoms in total. The average molecular weight is 431 g/mol. The van der Waals surface area contributed by atoms with Crippen LogP contribution in [-0.2, 0) is 17.6 Å². The maximum Gasteiger partial charge on any atom is 0.262 e. The zero-order valence-electron chi connectivity index (χ0n) is 16.6. The zero-order valence-corrected chi connectivity index (χ0v) is 18.2. The first-order chi connectivity index (χ1) is 13.7. The first-order valence-electron chi connectivity index (χ1n) is 9.33. The van der Waals surface area contributed by atoms with Gasteiger partial charge in [0.2, 0.25) is 5.91 Å². The third-order valence-electron chi connectivity index (χ3n) is 5.02. The lowest BCUT2D eigenvalue weighted by Crippen LogP contribution is -2.52. The van der Waals surface area contributed by atoms with E-state index in [1.807, 2.05) is 6.07 Å². The van der Waals surface area contributed by atoms with Crippen LogP contribution in [0.25, 0.3) is 0 Å². The number of nitrogens with one attached hydrogen (secondary N) is 2. The maximum absolute atomic E-state index is 12.9. The molecule has 1 aromatic carbocycles. The van der Waals surface area contributed by atoms with E-state index in [9.17, 15) is 14.9 Å². The fourth-order valence-electron chi connectivity index (χ4n) is 3.27. The number of nitrogens with zero attached hydrogens (tertiary/aromatic N) is 2. The van der Waals surface area contributed by atoms with Gasteiger partial charge in [-0.1, -0.05) is 11.6 Å². The number of anilines is 1. The number of likely N-dealkylation sites (N-methyl/N-ethyl adjacent to an activating group) is 1. The number of rotatable bonds is 4. The summed E-state index contributed by atoms with van der Waals surface area (Å²) < 4.78 is 0.511. The molecule has 8 heteroatoms. The summed E-state index contributed by atoms with van der Waals surface area (Å²) >= 11 is 7.04. The van der Waals surface area contributed by atoms with Gasteiger partial charge in [-0.15, -0.1) is 11.3 Å². The Hall–Kier alpha value is -2.40. The molecule has 0 unspecified atom stereocenters. The third-order valence-corrected chi connectivity index (χ3v) is 6.25. The van der Waals surface area contributed by atoms with Crippen molar-refractivity contribution in [3.05, 3.63) is 50.2 Å². The van der Waals surface area contributed by atoms with E-state index < -0.39 is 5.54 Å². The Morgan fingerprint density at radius 2 is 1.97 bits per heavy atom. The summed E-state index contributed by atoms with van der Waals surface area (Å²) in [5.41, 5.74) is 2.14. The van der Waals surface area contributed by atoms with Crippen molar-refractivity contribution in [2.45, 2.75) is 32.2 Å². The molecule has 0 fully saturated rings. The largest absolute Gasteiger partial charge is 0.337 e. The predicted octanol–water partition coefficient (Wildman–Crippen LogP) is 3.45. The minimum absolute atomic E-state index is 0.357. The van der Waals surface area contributed by atoms with Crippen LogP contribution in [-0.4, -0.2) is 42.4 Å². The van der Waals surface area contributed by atoms with Gasteiger partial charge in [-0.3, -0.25) is 9.59 Å². The normalized spacial score (nSPS) is 14.4. The molecule has 2 N–H and O–H groups in total. The lowest BCUT2D eigenvalue weighted by atomic mass is 9.96. The van der Waals surface area contributed by atoms with E-state index >= 15 is 0 Å². The monoisotopic (exact) mass is 430 g/mol. The van der Waals surface area contributed by atoms with Gasteiger partial charge in [0.25, 0.3) is 5.91 Å². The quantitative estimate of drug-likeness (QED) is 0.777. The standard InChI is InChI=1S/C21H23ClN4O2S/c1-21(2,25-19(27)17-4-5-18(22)29-17)20(28)24-15-10-13-6-8-26(3)9-7-16(13)14(11-15)12-23/h4-5,10-11H,6-9H2,1-3H3,(H,24,28)(H,25,27). The van der Waals surface area contributed by atoms with E-state index in [0.29, 0.717) is 20.5 Å². The highest BCUT2D eigenvalue weighted by molar-refractivity contribution is 7.18. The van der Waals surface area contributed by atoms with Crippen molar-refractivity contribution in [1.82, 2.24) is 10.2 Å². The summed E-state index contributed by atoms with van der Waals surface area (Å²) in [6, 6.07) is 9.17. The average Bonchev–Trinajstić information content (AvgIpc) is 3.02. The Morgan fingerprint density at radius 1 is 1.24 bits per heavy atom. The number of amides is 2. The van der Waals surface area contributed by atoms with Gasteiger partial charge >= 0.3 is 0 Å². The van der Waals surface area contributed by atoms with Crippen molar-refractivity contribution < 1.29 is 9.59 Å². The van der Waals surface area contributed by atoms with E-state index in [1.165, 1.54) is 0 Å². The molecule has 2 heterocycles. The number of benzene rings is 1.